The van der Waals surface area contributed by atoms with Crippen LogP contribution >= 0.6 is 0 Å². The Balaban J connectivity index is 1.76. The summed E-state index contributed by atoms with van der Waals surface area (Å²) in [6, 6.07) is 0.775. The minimum atomic E-state index is 0.547. The normalized spacial score (nSPS) is 29.5. The SMILES string of the molecule is CCNC1CCN(CC2C(C)(C)C2(C)C)CC1. The van der Waals surface area contributed by atoms with E-state index in [9.17, 15) is 0 Å². The van der Waals surface area contributed by atoms with Crippen LogP contribution in [0.2, 0.25) is 0 Å². The molecule has 0 aromatic carbocycles. The van der Waals surface area contributed by atoms with Gasteiger partial charge in [0, 0.05) is 12.6 Å². The van der Waals surface area contributed by atoms with Crippen LogP contribution in [0.3, 0.4) is 0 Å². The first kappa shape index (κ1) is 13.4. The van der Waals surface area contributed by atoms with Crippen molar-refractivity contribution in [2.45, 2.75) is 53.5 Å². The lowest BCUT2D eigenvalue weighted by Crippen LogP contribution is -2.43. The molecule has 0 aromatic heterocycles. The lowest BCUT2D eigenvalue weighted by atomic mass is 10.0. The van der Waals surface area contributed by atoms with E-state index in [2.05, 4.69) is 44.8 Å². The number of hydrogen-bond donors (Lipinski definition) is 1. The van der Waals surface area contributed by atoms with E-state index in [1.165, 1.54) is 32.5 Å². The van der Waals surface area contributed by atoms with Crippen molar-refractivity contribution in [3.63, 3.8) is 0 Å². The fraction of sp³-hybridized carbons (Fsp3) is 1.00. The first-order valence-corrected chi connectivity index (χ1v) is 7.35. The van der Waals surface area contributed by atoms with Gasteiger partial charge in [-0.1, -0.05) is 34.6 Å². The number of nitrogens with zero attached hydrogens (tertiary/aromatic N) is 1. The third kappa shape index (κ3) is 2.39. The van der Waals surface area contributed by atoms with Gasteiger partial charge < -0.3 is 10.2 Å². The predicted molar refractivity (Wildman–Crippen MR) is 74.2 cm³/mol. The highest BCUT2D eigenvalue weighted by Gasteiger charge is 2.64. The standard InChI is InChI=1S/C15H30N2/c1-6-16-12-7-9-17(10-8-12)11-13-14(2,3)15(13,4)5/h12-13,16H,6-11H2,1-5H3. The fourth-order valence-corrected chi connectivity index (χ4v) is 3.66. The smallest absolute Gasteiger partial charge is 0.00912 e. The Kier molecular flexibility index (Phi) is 3.57. The van der Waals surface area contributed by atoms with E-state index >= 15 is 0 Å². The van der Waals surface area contributed by atoms with Crippen LogP contribution in [0.25, 0.3) is 0 Å². The van der Waals surface area contributed by atoms with Crippen molar-refractivity contribution in [3.8, 4) is 0 Å². The van der Waals surface area contributed by atoms with Gasteiger partial charge in [0.25, 0.3) is 0 Å². The second-order valence-corrected chi connectivity index (χ2v) is 7.13. The maximum atomic E-state index is 3.58. The highest BCUT2D eigenvalue weighted by molar-refractivity contribution is 5.13. The van der Waals surface area contributed by atoms with Crippen LogP contribution in [-0.4, -0.2) is 37.1 Å². The van der Waals surface area contributed by atoms with E-state index in [1.807, 2.05) is 0 Å². The molecule has 0 spiro atoms. The van der Waals surface area contributed by atoms with Gasteiger partial charge in [0.05, 0.1) is 0 Å². The van der Waals surface area contributed by atoms with Crippen molar-refractivity contribution in [3.05, 3.63) is 0 Å². The molecule has 1 saturated carbocycles. The molecule has 0 radical (unpaired) electrons. The van der Waals surface area contributed by atoms with Gasteiger partial charge in [0.2, 0.25) is 0 Å². The molecule has 1 N–H and O–H groups in total. The molecule has 1 aliphatic carbocycles. The fourth-order valence-electron chi connectivity index (χ4n) is 3.66. The van der Waals surface area contributed by atoms with Gasteiger partial charge >= 0.3 is 0 Å². The summed E-state index contributed by atoms with van der Waals surface area (Å²) < 4.78 is 0. The van der Waals surface area contributed by atoms with Crippen molar-refractivity contribution in [2.75, 3.05) is 26.2 Å². The average Bonchev–Trinajstić information content (AvgIpc) is 2.64. The summed E-state index contributed by atoms with van der Waals surface area (Å²) in [5.41, 5.74) is 1.09. The topological polar surface area (TPSA) is 15.3 Å². The van der Waals surface area contributed by atoms with Crippen LogP contribution in [0.5, 0.6) is 0 Å². The number of piperidine rings is 1. The van der Waals surface area contributed by atoms with Crippen LogP contribution in [0.1, 0.15) is 47.5 Å². The van der Waals surface area contributed by atoms with Crippen molar-refractivity contribution in [2.24, 2.45) is 16.7 Å². The van der Waals surface area contributed by atoms with Crippen molar-refractivity contribution >= 4 is 0 Å². The Morgan fingerprint density at radius 2 is 1.59 bits per heavy atom. The summed E-state index contributed by atoms with van der Waals surface area (Å²) in [5, 5.41) is 3.58. The molecule has 0 bridgehead atoms. The number of nitrogens with one attached hydrogen (secondary N) is 1. The van der Waals surface area contributed by atoms with E-state index in [0.717, 1.165) is 18.5 Å². The Labute approximate surface area is 107 Å². The molecule has 0 atom stereocenters. The second kappa shape index (κ2) is 4.55. The molecule has 2 nitrogen and oxygen atoms in total. The van der Waals surface area contributed by atoms with Gasteiger partial charge in [0.15, 0.2) is 0 Å². The van der Waals surface area contributed by atoms with Gasteiger partial charge in [-0.3, -0.25) is 0 Å². The van der Waals surface area contributed by atoms with Gasteiger partial charge in [0.1, 0.15) is 0 Å². The molecular weight excluding hydrogens is 208 g/mol. The molecule has 17 heavy (non-hydrogen) atoms. The molecule has 0 unspecified atom stereocenters. The predicted octanol–water partition coefficient (Wildman–Crippen LogP) is 2.74. The molecule has 2 heteroatoms. The summed E-state index contributed by atoms with van der Waals surface area (Å²) in [6.45, 7) is 17.0. The summed E-state index contributed by atoms with van der Waals surface area (Å²) in [7, 11) is 0. The van der Waals surface area contributed by atoms with E-state index in [0.29, 0.717) is 10.8 Å². The van der Waals surface area contributed by atoms with Crippen LogP contribution in [-0.2, 0) is 0 Å². The maximum Gasteiger partial charge on any atom is 0.00912 e. The summed E-state index contributed by atoms with van der Waals surface area (Å²) in [4.78, 5) is 2.69. The van der Waals surface area contributed by atoms with Gasteiger partial charge in [-0.05, 0) is 49.2 Å². The molecule has 0 amide bonds. The van der Waals surface area contributed by atoms with Crippen LogP contribution in [0.4, 0.5) is 0 Å². The number of rotatable bonds is 4. The lowest BCUT2D eigenvalue weighted by Gasteiger charge is -2.32. The van der Waals surface area contributed by atoms with Crippen molar-refractivity contribution in [1.29, 1.82) is 0 Å². The molecule has 1 saturated heterocycles. The average molecular weight is 238 g/mol. The van der Waals surface area contributed by atoms with E-state index in [-0.39, 0.29) is 0 Å². The van der Waals surface area contributed by atoms with Crippen LogP contribution in [0, 0.1) is 16.7 Å². The Hall–Kier alpha value is -0.0800. The van der Waals surface area contributed by atoms with E-state index in [4.69, 9.17) is 0 Å². The van der Waals surface area contributed by atoms with E-state index < -0.39 is 0 Å². The monoisotopic (exact) mass is 238 g/mol. The zero-order chi connectivity index (χ0) is 12.7. The molecule has 1 aliphatic heterocycles. The summed E-state index contributed by atoms with van der Waals surface area (Å²) in [5.74, 6) is 0.894. The number of hydrogen-bond acceptors (Lipinski definition) is 2. The Morgan fingerprint density at radius 1 is 1.06 bits per heavy atom. The minimum absolute atomic E-state index is 0.547. The highest BCUT2D eigenvalue weighted by Crippen LogP contribution is 2.68. The van der Waals surface area contributed by atoms with E-state index in [1.54, 1.807) is 0 Å². The van der Waals surface area contributed by atoms with Crippen molar-refractivity contribution in [1.82, 2.24) is 10.2 Å². The zero-order valence-corrected chi connectivity index (χ0v) is 12.3. The molecule has 100 valence electrons. The van der Waals surface area contributed by atoms with Gasteiger partial charge in [-0.25, -0.2) is 0 Å². The maximum absolute atomic E-state index is 3.58. The highest BCUT2D eigenvalue weighted by atomic mass is 15.2. The van der Waals surface area contributed by atoms with Crippen molar-refractivity contribution < 1.29 is 0 Å². The Bertz CT molecular complexity index is 248. The van der Waals surface area contributed by atoms with Gasteiger partial charge in [-0.2, -0.15) is 0 Å². The Morgan fingerprint density at radius 3 is 2.00 bits per heavy atom. The third-order valence-electron chi connectivity index (χ3n) is 5.84. The molecule has 2 aliphatic rings. The first-order chi connectivity index (χ1) is 7.89. The number of likely N-dealkylation sites (tertiary alicyclic amines) is 1. The minimum Gasteiger partial charge on any atom is -0.314 e. The first-order valence-electron chi connectivity index (χ1n) is 7.35. The largest absolute Gasteiger partial charge is 0.314 e. The van der Waals surface area contributed by atoms with Gasteiger partial charge in [-0.15, -0.1) is 0 Å². The molecular formula is C15H30N2. The quantitative estimate of drug-likeness (QED) is 0.810. The summed E-state index contributed by atoms with van der Waals surface area (Å²) in [6.07, 6.45) is 2.67. The van der Waals surface area contributed by atoms with Crippen LogP contribution < -0.4 is 5.32 Å². The second-order valence-electron chi connectivity index (χ2n) is 7.13. The molecule has 2 rings (SSSR count). The zero-order valence-electron chi connectivity index (χ0n) is 12.3. The van der Waals surface area contributed by atoms with Crippen LogP contribution in [0.15, 0.2) is 0 Å². The molecule has 1 heterocycles. The molecule has 2 fully saturated rings. The lowest BCUT2D eigenvalue weighted by molar-refractivity contribution is 0.182. The summed E-state index contributed by atoms with van der Waals surface area (Å²) >= 11 is 0. The molecule has 0 aromatic rings. The third-order valence-corrected chi connectivity index (χ3v) is 5.84.